The Bertz CT molecular complexity index is 427. The van der Waals surface area contributed by atoms with E-state index in [-0.39, 0.29) is 11.0 Å². The lowest BCUT2D eigenvalue weighted by atomic mass is 9.75. The minimum absolute atomic E-state index is 0.198. The van der Waals surface area contributed by atoms with Gasteiger partial charge in [-0.2, -0.15) is 5.26 Å². The first-order valence-electron chi connectivity index (χ1n) is 6.37. The Morgan fingerprint density at radius 2 is 2.12 bits per heavy atom. The van der Waals surface area contributed by atoms with Gasteiger partial charge in [0.2, 0.25) is 0 Å². The Kier molecular flexibility index (Phi) is 2.81. The summed E-state index contributed by atoms with van der Waals surface area (Å²) in [5, 5.41) is 8.74. The summed E-state index contributed by atoms with van der Waals surface area (Å²) >= 11 is 0. The van der Waals surface area contributed by atoms with Crippen molar-refractivity contribution >= 4 is 0 Å². The standard InChI is InChI=1S/C15H21NO/c1-11(2)12-5-6-14(3)9-15(4,17-10-16)8-13(14)7-12/h5,7,11H,6,8-9H2,1-4H3. The lowest BCUT2D eigenvalue weighted by molar-refractivity contribution is 0.0490. The van der Waals surface area contributed by atoms with E-state index in [2.05, 4.69) is 39.8 Å². The molecule has 2 nitrogen and oxygen atoms in total. The van der Waals surface area contributed by atoms with Gasteiger partial charge in [0.15, 0.2) is 0 Å². The summed E-state index contributed by atoms with van der Waals surface area (Å²) in [6.45, 7) is 8.80. The van der Waals surface area contributed by atoms with Crippen molar-refractivity contribution in [2.45, 2.75) is 52.6 Å². The molecule has 92 valence electrons. The molecule has 2 heteroatoms. The minimum atomic E-state index is -0.296. The Morgan fingerprint density at radius 1 is 1.41 bits per heavy atom. The van der Waals surface area contributed by atoms with Crippen LogP contribution < -0.4 is 0 Å². The van der Waals surface area contributed by atoms with Crippen LogP contribution in [0.4, 0.5) is 0 Å². The van der Waals surface area contributed by atoms with Crippen molar-refractivity contribution in [3.8, 4) is 6.26 Å². The van der Waals surface area contributed by atoms with E-state index < -0.39 is 0 Å². The van der Waals surface area contributed by atoms with E-state index in [1.165, 1.54) is 11.1 Å². The molecule has 0 N–H and O–H groups in total. The zero-order valence-electron chi connectivity index (χ0n) is 11.2. The summed E-state index contributed by atoms with van der Waals surface area (Å²) < 4.78 is 5.28. The van der Waals surface area contributed by atoms with Gasteiger partial charge < -0.3 is 4.74 Å². The summed E-state index contributed by atoms with van der Waals surface area (Å²) in [5.74, 6) is 0.579. The Labute approximate surface area is 104 Å². The van der Waals surface area contributed by atoms with Crippen molar-refractivity contribution < 1.29 is 4.74 Å². The number of allylic oxidation sites excluding steroid dienone is 3. The van der Waals surface area contributed by atoms with Crippen LogP contribution in [0, 0.1) is 22.9 Å². The van der Waals surface area contributed by atoms with Crippen LogP contribution in [0.25, 0.3) is 0 Å². The van der Waals surface area contributed by atoms with E-state index in [9.17, 15) is 0 Å². The molecule has 0 aromatic carbocycles. The molecule has 0 radical (unpaired) electrons. The van der Waals surface area contributed by atoms with Gasteiger partial charge in [-0.25, -0.2) is 0 Å². The number of nitriles is 1. The molecule has 2 unspecified atom stereocenters. The zero-order valence-corrected chi connectivity index (χ0v) is 11.2. The zero-order chi connectivity index (χ0) is 12.7. The van der Waals surface area contributed by atoms with Crippen LogP contribution in [0.5, 0.6) is 0 Å². The van der Waals surface area contributed by atoms with Crippen LogP contribution in [0.3, 0.4) is 0 Å². The predicted octanol–water partition coefficient (Wildman–Crippen LogP) is 3.96. The highest BCUT2D eigenvalue weighted by atomic mass is 16.5. The number of hydrogen-bond acceptors (Lipinski definition) is 2. The van der Waals surface area contributed by atoms with Crippen LogP contribution in [0.1, 0.15) is 47.0 Å². The molecule has 0 aromatic rings. The van der Waals surface area contributed by atoms with Crippen LogP contribution in [-0.4, -0.2) is 5.60 Å². The van der Waals surface area contributed by atoms with Gasteiger partial charge in [0, 0.05) is 6.42 Å². The predicted molar refractivity (Wildman–Crippen MR) is 68.1 cm³/mol. The first kappa shape index (κ1) is 12.2. The monoisotopic (exact) mass is 231 g/mol. The van der Waals surface area contributed by atoms with E-state index in [4.69, 9.17) is 10.00 Å². The maximum Gasteiger partial charge on any atom is 0.286 e. The molecule has 0 spiro atoms. The van der Waals surface area contributed by atoms with Gasteiger partial charge in [-0.05, 0) is 36.7 Å². The first-order valence-corrected chi connectivity index (χ1v) is 6.37. The smallest absolute Gasteiger partial charge is 0.286 e. The molecule has 2 aliphatic carbocycles. The number of hydrogen-bond donors (Lipinski definition) is 0. The number of nitrogens with zero attached hydrogens (tertiary/aromatic N) is 1. The summed E-state index contributed by atoms with van der Waals surface area (Å²) in [6, 6.07) is 0. The highest BCUT2D eigenvalue weighted by molar-refractivity contribution is 5.38. The average molecular weight is 231 g/mol. The van der Waals surface area contributed by atoms with E-state index in [1.54, 1.807) is 0 Å². The molecule has 0 bridgehead atoms. The molecule has 0 aliphatic heterocycles. The number of ether oxygens (including phenoxy) is 1. The molecule has 0 heterocycles. The lowest BCUT2D eigenvalue weighted by Gasteiger charge is -2.30. The molecular formula is C15H21NO. The third kappa shape index (κ3) is 2.11. The first-order chi connectivity index (χ1) is 7.88. The van der Waals surface area contributed by atoms with Gasteiger partial charge in [-0.1, -0.05) is 38.5 Å². The molecule has 2 aliphatic rings. The third-order valence-corrected chi connectivity index (χ3v) is 4.19. The molecule has 17 heavy (non-hydrogen) atoms. The molecule has 2 atom stereocenters. The van der Waals surface area contributed by atoms with E-state index in [1.807, 2.05) is 6.26 Å². The Hall–Kier alpha value is -1.23. The number of rotatable bonds is 2. The van der Waals surface area contributed by atoms with E-state index in [0.29, 0.717) is 5.92 Å². The lowest BCUT2D eigenvalue weighted by Crippen LogP contribution is -2.25. The van der Waals surface area contributed by atoms with Gasteiger partial charge in [0.05, 0.1) is 0 Å². The van der Waals surface area contributed by atoms with Crippen molar-refractivity contribution in [1.29, 1.82) is 5.26 Å². The van der Waals surface area contributed by atoms with Crippen molar-refractivity contribution in [3.05, 3.63) is 23.3 Å². The van der Waals surface area contributed by atoms with Crippen molar-refractivity contribution in [2.75, 3.05) is 0 Å². The normalized spacial score (nSPS) is 36.0. The molecule has 0 amide bonds. The fourth-order valence-corrected chi connectivity index (χ4v) is 3.23. The van der Waals surface area contributed by atoms with Crippen molar-refractivity contribution in [1.82, 2.24) is 0 Å². The van der Waals surface area contributed by atoms with Crippen LogP contribution in [-0.2, 0) is 4.74 Å². The molecule has 0 aromatic heterocycles. The Balaban J connectivity index is 2.26. The average Bonchev–Trinajstić information content (AvgIpc) is 2.47. The second-order valence-corrected chi connectivity index (χ2v) is 6.29. The Morgan fingerprint density at radius 3 is 2.71 bits per heavy atom. The topological polar surface area (TPSA) is 33.0 Å². The van der Waals surface area contributed by atoms with Crippen LogP contribution >= 0.6 is 0 Å². The summed E-state index contributed by atoms with van der Waals surface area (Å²) in [6.07, 6.45) is 9.47. The van der Waals surface area contributed by atoms with Crippen LogP contribution in [0.2, 0.25) is 0 Å². The fourth-order valence-electron chi connectivity index (χ4n) is 3.23. The number of fused-ring (bicyclic) bond motifs is 1. The molecule has 0 saturated heterocycles. The summed E-state index contributed by atoms with van der Waals surface area (Å²) in [5.41, 5.74) is 2.79. The maximum atomic E-state index is 8.74. The molecule has 2 rings (SSSR count). The van der Waals surface area contributed by atoms with Crippen LogP contribution in [0.15, 0.2) is 23.3 Å². The van der Waals surface area contributed by atoms with Gasteiger partial charge in [0.1, 0.15) is 5.60 Å². The summed E-state index contributed by atoms with van der Waals surface area (Å²) in [4.78, 5) is 0. The summed E-state index contributed by atoms with van der Waals surface area (Å²) in [7, 11) is 0. The molecule has 1 saturated carbocycles. The second kappa shape index (κ2) is 3.91. The van der Waals surface area contributed by atoms with Gasteiger partial charge >= 0.3 is 0 Å². The maximum absolute atomic E-state index is 8.74. The van der Waals surface area contributed by atoms with E-state index >= 15 is 0 Å². The third-order valence-electron chi connectivity index (χ3n) is 4.19. The largest absolute Gasteiger partial charge is 0.421 e. The minimum Gasteiger partial charge on any atom is -0.421 e. The van der Waals surface area contributed by atoms with Gasteiger partial charge in [-0.15, -0.1) is 0 Å². The molecular weight excluding hydrogens is 210 g/mol. The van der Waals surface area contributed by atoms with Gasteiger partial charge in [0.25, 0.3) is 6.26 Å². The van der Waals surface area contributed by atoms with Crippen molar-refractivity contribution in [2.24, 2.45) is 11.3 Å². The highest BCUT2D eigenvalue weighted by Gasteiger charge is 2.48. The van der Waals surface area contributed by atoms with Gasteiger partial charge in [-0.3, -0.25) is 0 Å². The molecule has 1 fully saturated rings. The fraction of sp³-hybridized carbons (Fsp3) is 0.667. The highest BCUT2D eigenvalue weighted by Crippen LogP contribution is 2.54. The van der Waals surface area contributed by atoms with Crippen molar-refractivity contribution in [3.63, 3.8) is 0 Å². The quantitative estimate of drug-likeness (QED) is 0.674. The second-order valence-electron chi connectivity index (χ2n) is 6.29. The van der Waals surface area contributed by atoms with E-state index in [0.717, 1.165) is 19.3 Å². The SMILES string of the molecule is CC(C)C1=CCC2(C)CC(C)(OC#N)CC2=C1.